The Balaban J connectivity index is 2.54. The van der Waals surface area contributed by atoms with Crippen molar-refractivity contribution in [1.82, 2.24) is 4.90 Å². The van der Waals surface area contributed by atoms with Crippen LogP contribution in [0.4, 0.5) is 0 Å². The Labute approximate surface area is 149 Å². The van der Waals surface area contributed by atoms with Crippen molar-refractivity contribution in [1.29, 1.82) is 0 Å². The number of carboxylic acid groups (broad SMARTS) is 1. The molecule has 0 fully saturated rings. The number of ketones is 1. The predicted octanol–water partition coefficient (Wildman–Crippen LogP) is 1.82. The quantitative estimate of drug-likeness (QED) is 0.737. The molecule has 8 heteroatoms. The monoisotopic (exact) mass is 365 g/mol. The summed E-state index contributed by atoms with van der Waals surface area (Å²) in [6.45, 7) is 0. The van der Waals surface area contributed by atoms with Crippen molar-refractivity contribution >= 4 is 29.4 Å². The van der Waals surface area contributed by atoms with Gasteiger partial charge in [-0.15, -0.1) is 11.8 Å². The molecule has 1 amide bonds. The Morgan fingerprint density at radius 3 is 2.40 bits per heavy atom. The zero-order chi connectivity index (χ0) is 18.7. The van der Waals surface area contributed by atoms with E-state index in [0.717, 1.165) is 0 Å². The molecule has 1 N–H and O–H groups in total. The van der Waals surface area contributed by atoms with Crippen molar-refractivity contribution in [3.8, 4) is 11.5 Å². The van der Waals surface area contributed by atoms with Crippen LogP contribution in [0.2, 0.25) is 0 Å². The second-order valence-corrected chi connectivity index (χ2v) is 6.28. The lowest BCUT2D eigenvalue weighted by atomic mass is 9.98. The number of hydrogen-bond acceptors (Lipinski definition) is 6. The zero-order valence-electron chi connectivity index (χ0n) is 14.4. The number of amides is 1. The van der Waals surface area contributed by atoms with Gasteiger partial charge in [-0.25, -0.2) is 0 Å². The fourth-order valence-corrected chi connectivity index (χ4v) is 3.65. The van der Waals surface area contributed by atoms with Crippen LogP contribution in [-0.4, -0.2) is 60.6 Å². The Bertz CT molecular complexity index is 758. The molecule has 0 saturated carbocycles. The first-order valence-electron chi connectivity index (χ1n) is 7.37. The number of carboxylic acids is 1. The van der Waals surface area contributed by atoms with Gasteiger partial charge in [0.1, 0.15) is 5.37 Å². The lowest BCUT2D eigenvalue weighted by Crippen LogP contribution is -2.30. The molecule has 0 radical (unpaired) electrons. The SMILES string of the molecule is COc1ccc(C(=O)C2=C(CC(=O)O)C(=O)N(C)[C@@H]2SC)cc1OC. The minimum atomic E-state index is -1.16. The van der Waals surface area contributed by atoms with E-state index in [4.69, 9.17) is 14.6 Å². The number of thioether (sulfide) groups is 1. The first-order chi connectivity index (χ1) is 11.8. The van der Waals surface area contributed by atoms with Crippen molar-refractivity contribution < 1.29 is 29.0 Å². The van der Waals surface area contributed by atoms with E-state index < -0.39 is 29.5 Å². The number of carbonyl (C=O) groups excluding carboxylic acids is 2. The summed E-state index contributed by atoms with van der Waals surface area (Å²) in [6.07, 6.45) is 1.27. The van der Waals surface area contributed by atoms with Crippen molar-refractivity contribution in [2.24, 2.45) is 0 Å². The molecule has 0 bridgehead atoms. The van der Waals surface area contributed by atoms with Gasteiger partial charge in [-0.2, -0.15) is 0 Å². The van der Waals surface area contributed by atoms with Gasteiger partial charge in [-0.3, -0.25) is 14.4 Å². The van der Waals surface area contributed by atoms with Crippen molar-refractivity contribution in [3.05, 3.63) is 34.9 Å². The van der Waals surface area contributed by atoms with Gasteiger partial charge in [0.15, 0.2) is 17.3 Å². The smallest absolute Gasteiger partial charge is 0.308 e. The van der Waals surface area contributed by atoms with Crippen LogP contribution in [0.5, 0.6) is 11.5 Å². The number of likely N-dealkylation sites (N-methyl/N-ethyl adjacent to an activating group) is 1. The number of hydrogen-bond donors (Lipinski definition) is 1. The number of carbonyl (C=O) groups is 3. The van der Waals surface area contributed by atoms with Gasteiger partial charge in [-0.05, 0) is 24.5 Å². The van der Waals surface area contributed by atoms with Crippen LogP contribution in [0, 0.1) is 0 Å². The molecule has 0 aromatic heterocycles. The molecule has 7 nitrogen and oxygen atoms in total. The van der Waals surface area contributed by atoms with Gasteiger partial charge < -0.3 is 19.5 Å². The first-order valence-corrected chi connectivity index (χ1v) is 8.66. The third kappa shape index (κ3) is 3.48. The van der Waals surface area contributed by atoms with E-state index in [1.54, 1.807) is 25.4 Å². The van der Waals surface area contributed by atoms with Crippen LogP contribution < -0.4 is 9.47 Å². The van der Waals surface area contributed by atoms with Gasteiger partial charge in [0.2, 0.25) is 0 Å². The largest absolute Gasteiger partial charge is 0.493 e. The molecule has 1 aliphatic heterocycles. The van der Waals surface area contributed by atoms with Crippen LogP contribution in [0.1, 0.15) is 16.8 Å². The summed E-state index contributed by atoms with van der Waals surface area (Å²) in [7, 11) is 4.50. The Morgan fingerprint density at radius 1 is 1.24 bits per heavy atom. The number of methoxy groups -OCH3 is 2. The average Bonchev–Trinajstić information content (AvgIpc) is 2.84. The highest BCUT2D eigenvalue weighted by molar-refractivity contribution is 7.99. The average molecular weight is 365 g/mol. The summed E-state index contributed by atoms with van der Waals surface area (Å²) < 4.78 is 10.4. The van der Waals surface area contributed by atoms with Crippen molar-refractivity contribution in [2.75, 3.05) is 27.5 Å². The number of nitrogens with zero attached hydrogens (tertiary/aromatic N) is 1. The fraction of sp³-hybridized carbons (Fsp3) is 0.353. The van der Waals surface area contributed by atoms with E-state index in [1.165, 1.54) is 36.9 Å². The van der Waals surface area contributed by atoms with E-state index in [0.29, 0.717) is 17.1 Å². The summed E-state index contributed by atoms with van der Waals surface area (Å²) >= 11 is 1.30. The summed E-state index contributed by atoms with van der Waals surface area (Å²) in [6, 6.07) is 4.68. The molecule has 2 rings (SSSR count). The predicted molar refractivity (Wildman–Crippen MR) is 93.2 cm³/mol. The number of rotatable bonds is 7. The van der Waals surface area contributed by atoms with Crippen molar-refractivity contribution in [3.63, 3.8) is 0 Å². The van der Waals surface area contributed by atoms with Gasteiger partial charge in [0, 0.05) is 23.8 Å². The Kier molecular flexibility index (Phi) is 5.73. The Morgan fingerprint density at radius 2 is 1.88 bits per heavy atom. The highest BCUT2D eigenvalue weighted by Gasteiger charge is 2.40. The first kappa shape index (κ1) is 18.9. The minimum Gasteiger partial charge on any atom is -0.493 e. The lowest BCUT2D eigenvalue weighted by molar-refractivity contribution is -0.137. The van der Waals surface area contributed by atoms with E-state index in [1.807, 2.05) is 0 Å². The number of ether oxygens (including phenoxy) is 2. The van der Waals surface area contributed by atoms with E-state index in [9.17, 15) is 14.4 Å². The van der Waals surface area contributed by atoms with Crippen LogP contribution in [0.25, 0.3) is 0 Å². The molecular weight excluding hydrogens is 346 g/mol. The van der Waals surface area contributed by atoms with Crippen LogP contribution >= 0.6 is 11.8 Å². The molecule has 0 aliphatic carbocycles. The third-order valence-electron chi connectivity index (χ3n) is 3.94. The third-order valence-corrected chi connectivity index (χ3v) is 4.94. The number of Topliss-reactive ketones (excluding diaryl/α,β-unsaturated/α-hetero) is 1. The standard InChI is InChI=1S/C17H19NO6S/c1-18-16(22)10(8-13(19)20)14(17(18)25-4)15(21)9-5-6-11(23-2)12(7-9)24-3/h5-7,17H,8H2,1-4H3,(H,19,20)/t17-/m1/s1. The van der Waals surface area contributed by atoms with Gasteiger partial charge in [-0.1, -0.05) is 0 Å². The van der Waals surface area contributed by atoms with E-state index in [2.05, 4.69) is 0 Å². The molecule has 1 aliphatic rings. The van der Waals surface area contributed by atoms with Crippen LogP contribution in [0.15, 0.2) is 29.3 Å². The van der Waals surface area contributed by atoms with Gasteiger partial charge in [0.25, 0.3) is 5.91 Å². The van der Waals surface area contributed by atoms with Crippen LogP contribution in [0.3, 0.4) is 0 Å². The fourth-order valence-electron chi connectivity index (χ4n) is 2.76. The normalized spacial score (nSPS) is 17.0. The molecule has 1 heterocycles. The van der Waals surface area contributed by atoms with Gasteiger partial charge in [0.05, 0.1) is 20.6 Å². The number of aliphatic carboxylic acids is 1. The maximum absolute atomic E-state index is 13.0. The summed E-state index contributed by atoms with van der Waals surface area (Å²) in [5.74, 6) is -1.14. The maximum atomic E-state index is 13.0. The second-order valence-electron chi connectivity index (χ2n) is 5.37. The maximum Gasteiger partial charge on any atom is 0.308 e. The molecule has 1 aromatic carbocycles. The molecule has 134 valence electrons. The summed E-state index contributed by atoms with van der Waals surface area (Å²) in [5, 5.41) is 8.57. The topological polar surface area (TPSA) is 93.1 Å². The number of benzene rings is 1. The molecule has 0 spiro atoms. The molecule has 25 heavy (non-hydrogen) atoms. The highest BCUT2D eigenvalue weighted by Crippen LogP contribution is 2.36. The van der Waals surface area contributed by atoms with Crippen LogP contribution in [-0.2, 0) is 9.59 Å². The van der Waals surface area contributed by atoms with Crippen molar-refractivity contribution in [2.45, 2.75) is 11.8 Å². The van der Waals surface area contributed by atoms with E-state index >= 15 is 0 Å². The minimum absolute atomic E-state index is 0.0223. The molecule has 0 unspecified atom stereocenters. The zero-order valence-corrected chi connectivity index (χ0v) is 15.2. The van der Waals surface area contributed by atoms with Gasteiger partial charge >= 0.3 is 5.97 Å². The lowest BCUT2D eigenvalue weighted by Gasteiger charge is -2.20. The second kappa shape index (κ2) is 7.60. The summed E-state index contributed by atoms with van der Waals surface area (Å²) in [5.41, 5.74) is 0.529. The molecular formula is C17H19NO6S. The molecule has 1 atom stereocenters. The summed E-state index contributed by atoms with van der Waals surface area (Å²) in [4.78, 5) is 37.9. The van der Waals surface area contributed by atoms with E-state index in [-0.39, 0.29) is 11.1 Å². The Hall–Kier alpha value is -2.48. The molecule has 0 saturated heterocycles. The highest BCUT2D eigenvalue weighted by atomic mass is 32.2. The molecule has 1 aromatic rings.